The second-order valence-electron chi connectivity index (χ2n) is 9.31. The average molecular weight is 574 g/mol. The van der Waals surface area contributed by atoms with E-state index in [4.69, 9.17) is 26.2 Å². The molecule has 5 nitrogen and oxygen atoms in total. The molecule has 6 heteroatoms. The SMILES string of the molecule is C/C=C(\C)CCC.C=CC/C=C\C(COC(C)C=C)=NCC(=C)C.CCCC(OC1=CC=CCC=C1Cl)C(=O)O. The van der Waals surface area contributed by atoms with Gasteiger partial charge in [-0.25, -0.2) is 4.79 Å². The van der Waals surface area contributed by atoms with E-state index in [0.717, 1.165) is 30.5 Å². The summed E-state index contributed by atoms with van der Waals surface area (Å²) in [7, 11) is 0. The first-order chi connectivity index (χ1) is 19.1. The largest absolute Gasteiger partial charge is 0.479 e. The van der Waals surface area contributed by atoms with Crippen LogP contribution >= 0.6 is 11.6 Å². The molecular formula is C34H52ClNO4. The standard InChI is InChI=1S/C15H23NO.C12H15ClO3.C7H14/c1-6-8-9-10-15(16-11-13(3)4)12-17-14(5)7-2;1-2-6-11(12(14)15)16-10-8-5-3-4-7-9(10)13;1-4-6-7(3)5-2/h6-7,9-10,14H,1-3,8,11-12H2,4-5H3;3,5,7-8,11H,2,4,6H2,1H3,(H,14,15);5H,4,6H2,1-3H3/b10-9-,16-15?;;7-5+. The van der Waals surface area contributed by atoms with Crippen LogP contribution in [0.5, 0.6) is 0 Å². The second kappa shape index (κ2) is 26.3. The highest BCUT2D eigenvalue weighted by atomic mass is 35.5. The highest BCUT2D eigenvalue weighted by Crippen LogP contribution is 2.22. The topological polar surface area (TPSA) is 68.1 Å². The summed E-state index contributed by atoms with van der Waals surface area (Å²) in [4.78, 5) is 15.4. The van der Waals surface area contributed by atoms with Crippen LogP contribution in [0, 0.1) is 0 Å². The Balaban J connectivity index is 0. The van der Waals surface area contributed by atoms with Crippen LogP contribution in [0.25, 0.3) is 0 Å². The summed E-state index contributed by atoms with van der Waals surface area (Å²) in [6, 6.07) is 0. The third-order valence-corrected chi connectivity index (χ3v) is 5.62. The highest BCUT2D eigenvalue weighted by Gasteiger charge is 2.20. The molecule has 1 N–H and O–H groups in total. The molecule has 1 aliphatic rings. The monoisotopic (exact) mass is 573 g/mol. The number of hydrogen-bond acceptors (Lipinski definition) is 4. The summed E-state index contributed by atoms with van der Waals surface area (Å²) in [5.41, 5.74) is 3.46. The van der Waals surface area contributed by atoms with Crippen LogP contribution < -0.4 is 0 Å². The van der Waals surface area contributed by atoms with Gasteiger partial charge in [-0.05, 0) is 65.5 Å². The predicted molar refractivity (Wildman–Crippen MR) is 174 cm³/mol. The van der Waals surface area contributed by atoms with Crippen LogP contribution in [0.4, 0.5) is 0 Å². The molecule has 0 saturated carbocycles. The van der Waals surface area contributed by atoms with Gasteiger partial charge in [0, 0.05) is 0 Å². The molecule has 0 aromatic rings. The number of aliphatic imine (C=N–C) groups is 1. The molecule has 0 saturated heterocycles. The number of rotatable bonds is 16. The molecule has 0 bridgehead atoms. The van der Waals surface area contributed by atoms with Crippen molar-refractivity contribution in [3.63, 3.8) is 0 Å². The van der Waals surface area contributed by atoms with E-state index in [9.17, 15) is 4.79 Å². The van der Waals surface area contributed by atoms with Crippen molar-refractivity contribution in [2.45, 2.75) is 92.3 Å². The number of aliphatic carboxylic acids is 1. The molecule has 2 unspecified atom stereocenters. The Kier molecular flexibility index (Phi) is 25.8. The summed E-state index contributed by atoms with van der Waals surface area (Å²) in [6.45, 7) is 24.6. The molecule has 224 valence electrons. The summed E-state index contributed by atoms with van der Waals surface area (Å²) < 4.78 is 11.0. The zero-order valence-electron chi connectivity index (χ0n) is 25.6. The first kappa shape index (κ1) is 39.3. The Labute approximate surface area is 249 Å². The lowest BCUT2D eigenvalue weighted by Crippen LogP contribution is -2.23. The maximum Gasteiger partial charge on any atom is 0.344 e. The minimum absolute atomic E-state index is 0.0397. The molecule has 40 heavy (non-hydrogen) atoms. The minimum atomic E-state index is -0.958. The third kappa shape index (κ3) is 23.0. The molecule has 1 rings (SSSR count). The van der Waals surface area contributed by atoms with Crippen LogP contribution in [0.3, 0.4) is 0 Å². The van der Waals surface area contributed by atoms with Crippen LogP contribution in [0.1, 0.15) is 80.1 Å². The molecule has 1 aliphatic carbocycles. The molecule has 0 aromatic heterocycles. The lowest BCUT2D eigenvalue weighted by molar-refractivity contribution is -0.148. The van der Waals surface area contributed by atoms with E-state index in [1.807, 2.05) is 51.2 Å². The van der Waals surface area contributed by atoms with Crippen molar-refractivity contribution in [2.75, 3.05) is 13.2 Å². The number of halogens is 1. The van der Waals surface area contributed by atoms with Crippen molar-refractivity contribution in [1.29, 1.82) is 0 Å². The number of carboxylic acid groups (broad SMARTS) is 1. The Morgan fingerprint density at radius 1 is 1.25 bits per heavy atom. The molecule has 2 atom stereocenters. The number of carbonyl (C=O) groups is 1. The number of ether oxygens (including phenoxy) is 2. The Hall–Kier alpha value is -2.89. The number of nitrogens with zero attached hydrogens (tertiary/aromatic N) is 1. The van der Waals surface area contributed by atoms with Gasteiger partial charge in [-0.3, -0.25) is 4.99 Å². The van der Waals surface area contributed by atoms with Crippen molar-refractivity contribution in [3.8, 4) is 0 Å². The van der Waals surface area contributed by atoms with Gasteiger partial charge < -0.3 is 14.6 Å². The van der Waals surface area contributed by atoms with E-state index >= 15 is 0 Å². The van der Waals surface area contributed by atoms with Crippen molar-refractivity contribution in [3.05, 3.63) is 96.4 Å². The van der Waals surface area contributed by atoms with Gasteiger partial charge in [-0.15, -0.1) is 13.2 Å². The van der Waals surface area contributed by atoms with Gasteiger partial charge in [-0.1, -0.05) is 98.5 Å². The van der Waals surface area contributed by atoms with Gasteiger partial charge in [0.2, 0.25) is 0 Å². The first-order valence-corrected chi connectivity index (χ1v) is 14.4. The van der Waals surface area contributed by atoms with Gasteiger partial charge in [0.25, 0.3) is 0 Å². The second-order valence-corrected chi connectivity index (χ2v) is 9.72. The van der Waals surface area contributed by atoms with Crippen LogP contribution in [0.15, 0.2) is 101 Å². The number of carboxylic acids is 1. The Morgan fingerprint density at radius 3 is 2.45 bits per heavy atom. The zero-order valence-corrected chi connectivity index (χ0v) is 26.4. The van der Waals surface area contributed by atoms with Gasteiger partial charge in [0.1, 0.15) is 5.76 Å². The maximum atomic E-state index is 10.9. The quantitative estimate of drug-likeness (QED) is 0.147. The fraction of sp³-hybridized carbons (Fsp3) is 0.471. The molecular weight excluding hydrogens is 522 g/mol. The van der Waals surface area contributed by atoms with Crippen LogP contribution in [0.2, 0.25) is 0 Å². The van der Waals surface area contributed by atoms with Gasteiger partial charge in [0.05, 0.1) is 30.0 Å². The predicted octanol–water partition coefficient (Wildman–Crippen LogP) is 9.70. The lowest BCUT2D eigenvalue weighted by Gasteiger charge is -2.16. The number of hydrogen-bond donors (Lipinski definition) is 1. The van der Waals surface area contributed by atoms with Crippen molar-refractivity contribution < 1.29 is 19.4 Å². The van der Waals surface area contributed by atoms with E-state index in [2.05, 4.69) is 51.6 Å². The van der Waals surface area contributed by atoms with E-state index in [0.29, 0.717) is 30.4 Å². The normalized spacial score (nSPS) is 14.8. The van der Waals surface area contributed by atoms with Crippen LogP contribution in [-0.4, -0.2) is 42.1 Å². The summed E-state index contributed by atoms with van der Waals surface area (Å²) >= 11 is 5.97. The molecule has 0 aromatic carbocycles. The van der Waals surface area contributed by atoms with E-state index in [-0.39, 0.29) is 6.10 Å². The fourth-order valence-corrected chi connectivity index (χ4v) is 3.03. The van der Waals surface area contributed by atoms with E-state index in [1.165, 1.54) is 18.4 Å². The van der Waals surface area contributed by atoms with Crippen molar-refractivity contribution in [2.24, 2.45) is 4.99 Å². The van der Waals surface area contributed by atoms with Crippen molar-refractivity contribution in [1.82, 2.24) is 0 Å². The van der Waals surface area contributed by atoms with E-state index in [1.54, 1.807) is 18.2 Å². The Morgan fingerprint density at radius 2 is 1.95 bits per heavy atom. The Bertz CT molecular complexity index is 938. The van der Waals surface area contributed by atoms with Gasteiger partial charge in [0.15, 0.2) is 6.10 Å². The summed E-state index contributed by atoms with van der Waals surface area (Å²) in [5, 5.41) is 9.42. The molecule has 0 spiro atoms. The average Bonchev–Trinajstić information content (AvgIpc) is 3.13. The van der Waals surface area contributed by atoms with Crippen LogP contribution in [-0.2, 0) is 14.3 Å². The smallest absolute Gasteiger partial charge is 0.344 e. The molecule has 0 heterocycles. The van der Waals surface area contributed by atoms with Crippen molar-refractivity contribution >= 4 is 23.3 Å². The summed E-state index contributed by atoms with van der Waals surface area (Å²) in [6.07, 6.45) is 21.5. The van der Waals surface area contributed by atoms with E-state index < -0.39 is 12.1 Å². The minimum Gasteiger partial charge on any atom is -0.479 e. The molecule has 0 radical (unpaired) electrons. The summed E-state index contributed by atoms with van der Waals surface area (Å²) in [5.74, 6) is -0.531. The maximum absolute atomic E-state index is 10.9. The molecule has 0 aliphatic heterocycles. The third-order valence-electron chi connectivity index (χ3n) is 5.28. The van der Waals surface area contributed by atoms with Gasteiger partial charge in [-0.2, -0.15) is 0 Å². The fourth-order valence-electron chi connectivity index (χ4n) is 2.84. The zero-order chi connectivity index (χ0) is 30.8. The first-order valence-electron chi connectivity index (χ1n) is 14.0. The van der Waals surface area contributed by atoms with Gasteiger partial charge >= 0.3 is 5.97 Å². The molecule has 0 fully saturated rings. The number of allylic oxidation sites excluding steroid dienone is 9. The molecule has 0 amide bonds. The highest BCUT2D eigenvalue weighted by molar-refractivity contribution is 6.31. The lowest BCUT2D eigenvalue weighted by atomic mass is 10.2.